The Balaban J connectivity index is 2.06. The fourth-order valence-electron chi connectivity index (χ4n) is 3.35. The van der Waals surface area contributed by atoms with Crippen molar-refractivity contribution < 1.29 is 4.98 Å². The molecule has 5 nitrogen and oxygen atoms in total. The first-order valence-corrected chi connectivity index (χ1v) is 7.23. The molecule has 3 aromatic heterocycles. The van der Waals surface area contributed by atoms with E-state index in [9.17, 15) is 4.79 Å². The summed E-state index contributed by atoms with van der Waals surface area (Å²) in [5.41, 5.74) is 2.74. The average molecular weight is 269 g/mol. The van der Waals surface area contributed by atoms with Gasteiger partial charge in [0, 0.05) is 18.3 Å². The van der Waals surface area contributed by atoms with Crippen LogP contribution in [0.25, 0.3) is 22.1 Å². The lowest BCUT2D eigenvalue weighted by Crippen LogP contribution is -2.17. The number of rotatable bonds is 1. The van der Waals surface area contributed by atoms with E-state index in [1.165, 1.54) is 32.1 Å². The van der Waals surface area contributed by atoms with Crippen LogP contribution in [0.4, 0.5) is 0 Å². The fourth-order valence-corrected chi connectivity index (χ4v) is 3.35. The van der Waals surface area contributed by atoms with E-state index in [4.69, 9.17) is 0 Å². The van der Waals surface area contributed by atoms with Gasteiger partial charge in [0.05, 0.1) is 5.39 Å². The van der Waals surface area contributed by atoms with Crippen molar-refractivity contribution >= 4 is 22.1 Å². The van der Waals surface area contributed by atoms with Crippen molar-refractivity contribution in [2.45, 2.75) is 38.1 Å². The molecule has 0 bridgehead atoms. The standard InChI is InChI=1S/C15H16N4O/c20-12-6-7-19(10-4-2-1-3-5-10)14-11(12)8-16-15-13(14)17-9-18-15/h6-10H,1-5H2,(H,16,17,18)/p+1. The average Bonchev–Trinajstić information content (AvgIpc) is 2.97. The normalized spacial score (nSPS) is 17.0. The molecule has 0 aliphatic heterocycles. The molecule has 1 saturated carbocycles. The minimum Gasteiger partial charge on any atom is -0.341 e. The summed E-state index contributed by atoms with van der Waals surface area (Å²) >= 11 is 0. The van der Waals surface area contributed by atoms with E-state index >= 15 is 0 Å². The Morgan fingerprint density at radius 1 is 1.30 bits per heavy atom. The van der Waals surface area contributed by atoms with Gasteiger partial charge in [-0.05, 0) is 12.8 Å². The van der Waals surface area contributed by atoms with E-state index < -0.39 is 0 Å². The largest absolute Gasteiger partial charge is 0.341 e. The van der Waals surface area contributed by atoms with Crippen LogP contribution in [0, 0.1) is 0 Å². The minimum absolute atomic E-state index is 0.0380. The summed E-state index contributed by atoms with van der Waals surface area (Å²) in [6.07, 6.45) is 11.6. The summed E-state index contributed by atoms with van der Waals surface area (Å²) in [6.45, 7) is 0. The van der Waals surface area contributed by atoms with E-state index in [0.29, 0.717) is 11.4 Å². The first-order valence-electron chi connectivity index (χ1n) is 7.23. The van der Waals surface area contributed by atoms with Gasteiger partial charge in [-0.2, -0.15) is 0 Å². The lowest BCUT2D eigenvalue weighted by atomic mass is 9.95. The summed E-state index contributed by atoms with van der Waals surface area (Å²) in [5.74, 6) is 0. The number of H-pyrrole nitrogens is 2. The van der Waals surface area contributed by atoms with Gasteiger partial charge < -0.3 is 4.57 Å². The minimum atomic E-state index is 0.0380. The maximum Gasteiger partial charge on any atom is 0.301 e. The highest BCUT2D eigenvalue weighted by molar-refractivity contribution is 5.98. The number of pyridine rings is 2. The molecule has 1 fully saturated rings. The predicted octanol–water partition coefficient (Wildman–Crippen LogP) is 2.20. The third-order valence-corrected chi connectivity index (χ3v) is 4.36. The van der Waals surface area contributed by atoms with Gasteiger partial charge in [-0.15, -0.1) is 4.98 Å². The number of aromatic nitrogens is 4. The van der Waals surface area contributed by atoms with E-state index in [1.54, 1.807) is 18.6 Å². The number of imidazole rings is 1. The summed E-state index contributed by atoms with van der Waals surface area (Å²) in [5, 5.41) is 0.696. The Morgan fingerprint density at radius 3 is 3.00 bits per heavy atom. The quantitative estimate of drug-likeness (QED) is 0.736. The van der Waals surface area contributed by atoms with Gasteiger partial charge >= 0.3 is 5.65 Å². The second-order valence-corrected chi connectivity index (χ2v) is 5.56. The van der Waals surface area contributed by atoms with Crippen LogP contribution in [-0.2, 0) is 0 Å². The number of nitrogens with zero attached hydrogens (tertiary/aromatic N) is 2. The number of hydrogen-bond acceptors (Lipinski definition) is 2. The summed E-state index contributed by atoms with van der Waals surface area (Å²) in [7, 11) is 0. The predicted molar refractivity (Wildman–Crippen MR) is 76.5 cm³/mol. The van der Waals surface area contributed by atoms with Crippen LogP contribution in [0.3, 0.4) is 0 Å². The molecular formula is C15H17N4O+. The molecule has 3 aromatic rings. The lowest BCUT2D eigenvalue weighted by molar-refractivity contribution is -0.347. The molecule has 5 heteroatoms. The molecule has 0 aromatic carbocycles. The molecule has 0 spiro atoms. The smallest absolute Gasteiger partial charge is 0.301 e. The van der Waals surface area contributed by atoms with Crippen molar-refractivity contribution in [2.24, 2.45) is 0 Å². The monoisotopic (exact) mass is 269 g/mol. The van der Waals surface area contributed by atoms with Gasteiger partial charge in [0.1, 0.15) is 11.7 Å². The molecule has 102 valence electrons. The fraction of sp³-hybridized carbons (Fsp3) is 0.400. The summed E-state index contributed by atoms with van der Waals surface area (Å²) < 4.78 is 2.27. The number of fused-ring (bicyclic) bond motifs is 3. The SMILES string of the molecule is O=c1ccn(C2CCCCC2)c2c1cnc1[nH+]c[nH]c12. The third-order valence-electron chi connectivity index (χ3n) is 4.36. The Hall–Kier alpha value is -2.17. The van der Waals surface area contributed by atoms with Gasteiger partial charge in [0.15, 0.2) is 17.3 Å². The van der Waals surface area contributed by atoms with Gasteiger partial charge in [-0.25, -0.2) is 4.98 Å². The van der Waals surface area contributed by atoms with Crippen molar-refractivity contribution in [2.75, 3.05) is 0 Å². The second kappa shape index (κ2) is 4.44. The molecule has 0 atom stereocenters. The molecule has 2 N–H and O–H groups in total. The van der Waals surface area contributed by atoms with Crippen molar-refractivity contribution in [3.63, 3.8) is 0 Å². The second-order valence-electron chi connectivity index (χ2n) is 5.56. The summed E-state index contributed by atoms with van der Waals surface area (Å²) in [4.78, 5) is 22.7. The molecule has 20 heavy (non-hydrogen) atoms. The lowest BCUT2D eigenvalue weighted by Gasteiger charge is -2.25. The zero-order valence-electron chi connectivity index (χ0n) is 11.2. The van der Waals surface area contributed by atoms with E-state index in [-0.39, 0.29) is 5.43 Å². The van der Waals surface area contributed by atoms with Crippen LogP contribution in [0.2, 0.25) is 0 Å². The van der Waals surface area contributed by atoms with Crippen LogP contribution in [0.15, 0.2) is 29.6 Å². The maximum absolute atomic E-state index is 12.1. The van der Waals surface area contributed by atoms with Gasteiger partial charge in [-0.3, -0.25) is 9.78 Å². The zero-order chi connectivity index (χ0) is 13.5. The highest BCUT2D eigenvalue weighted by Gasteiger charge is 2.20. The number of aromatic amines is 2. The Morgan fingerprint density at radius 2 is 2.15 bits per heavy atom. The van der Waals surface area contributed by atoms with Crippen LogP contribution in [0.5, 0.6) is 0 Å². The Bertz CT molecular complexity index is 827. The van der Waals surface area contributed by atoms with Gasteiger partial charge in [0.2, 0.25) is 0 Å². The highest BCUT2D eigenvalue weighted by atomic mass is 16.1. The first-order chi connectivity index (χ1) is 9.84. The molecule has 0 unspecified atom stereocenters. The molecule has 0 saturated heterocycles. The van der Waals surface area contributed by atoms with Crippen LogP contribution >= 0.6 is 0 Å². The molecular weight excluding hydrogens is 252 g/mol. The van der Waals surface area contributed by atoms with Crippen LogP contribution in [-0.4, -0.2) is 14.5 Å². The van der Waals surface area contributed by atoms with Crippen LogP contribution < -0.4 is 10.4 Å². The molecule has 3 heterocycles. The molecule has 4 rings (SSSR count). The van der Waals surface area contributed by atoms with E-state index in [2.05, 4.69) is 19.5 Å². The van der Waals surface area contributed by atoms with Crippen molar-refractivity contribution in [3.05, 3.63) is 35.0 Å². The zero-order valence-corrected chi connectivity index (χ0v) is 11.2. The van der Waals surface area contributed by atoms with Crippen molar-refractivity contribution in [1.29, 1.82) is 0 Å². The van der Waals surface area contributed by atoms with Crippen LogP contribution in [0.1, 0.15) is 38.1 Å². The summed E-state index contributed by atoms with van der Waals surface area (Å²) in [6, 6.07) is 2.15. The van der Waals surface area contributed by atoms with Crippen molar-refractivity contribution in [1.82, 2.24) is 14.5 Å². The first kappa shape index (κ1) is 11.6. The molecule has 0 amide bonds. The Labute approximate surface area is 115 Å². The number of nitrogens with one attached hydrogen (secondary N) is 2. The molecule has 1 aliphatic carbocycles. The number of hydrogen-bond donors (Lipinski definition) is 1. The van der Waals surface area contributed by atoms with Gasteiger partial charge in [-0.1, -0.05) is 19.3 Å². The molecule has 0 radical (unpaired) electrons. The molecule has 1 aliphatic rings. The van der Waals surface area contributed by atoms with Gasteiger partial charge in [0.25, 0.3) is 0 Å². The topological polar surface area (TPSA) is 64.8 Å². The Kier molecular flexibility index (Phi) is 2.58. The third kappa shape index (κ3) is 1.66. The van der Waals surface area contributed by atoms with Crippen molar-refractivity contribution in [3.8, 4) is 0 Å². The van der Waals surface area contributed by atoms with E-state index in [0.717, 1.165) is 16.7 Å². The highest BCUT2D eigenvalue weighted by Crippen LogP contribution is 2.31. The maximum atomic E-state index is 12.1. The van der Waals surface area contributed by atoms with E-state index in [1.807, 2.05) is 6.20 Å².